The van der Waals surface area contributed by atoms with Crippen LogP contribution in [0.3, 0.4) is 0 Å². The molecule has 0 heterocycles. The molecule has 0 spiro atoms. The number of carboxylic acid groups (broad SMARTS) is 1. The Bertz CT molecular complexity index is 400. The van der Waals surface area contributed by atoms with E-state index in [1.165, 1.54) is 6.92 Å². The minimum absolute atomic E-state index is 0.149. The number of imide groups is 1. The molecule has 0 aliphatic heterocycles. The summed E-state index contributed by atoms with van der Waals surface area (Å²) in [4.78, 5) is 39.2. The molecule has 0 aromatic carbocycles. The number of carbonyl (C=O) groups is 3. The highest BCUT2D eigenvalue weighted by Gasteiger charge is 2.46. The third kappa shape index (κ3) is 4.84. The van der Waals surface area contributed by atoms with Crippen molar-refractivity contribution in [3.8, 4) is 0 Å². The Morgan fingerprint density at radius 1 is 1.42 bits per heavy atom. The van der Waals surface area contributed by atoms with Gasteiger partial charge in [-0.05, 0) is 32.3 Å². The summed E-state index contributed by atoms with van der Waals surface area (Å²) < 4.78 is 10.8. The zero-order valence-corrected chi connectivity index (χ0v) is 11.7. The molecule has 110 valence electrons. The van der Waals surface area contributed by atoms with Gasteiger partial charge in [0.25, 0.3) is 0 Å². The van der Waals surface area contributed by atoms with Crippen LogP contribution in [0.25, 0.3) is 0 Å². The van der Waals surface area contributed by atoms with Gasteiger partial charge in [0.05, 0.1) is 7.11 Å². The van der Waals surface area contributed by atoms with Gasteiger partial charge in [0.1, 0.15) is 18.7 Å². The van der Waals surface area contributed by atoms with Crippen molar-refractivity contribution in [3.63, 3.8) is 0 Å². The predicted octanol–water partition coefficient (Wildman–Crippen LogP) is 1.11. The molecule has 0 radical (unpaired) electrons. The number of hydroxylamine groups is 3. The van der Waals surface area contributed by atoms with Crippen LogP contribution in [0.1, 0.15) is 29.0 Å². The van der Waals surface area contributed by atoms with Crippen molar-refractivity contribution in [3.05, 3.63) is 0 Å². The molecular formula is C11H21N2O6+. The standard InChI is InChI=1S/C11H20N2O6/c1-7(12-9(15)19-11(2,3)4)8(14)13(5,18-6)10(16)17/h7H,1-6H3,(H-,12,15,16,17)/p+1/t7-,13?/m0/s1/i2D. The molecular weight excluding hydrogens is 256 g/mol. The minimum atomic E-state index is -1.51. The SMILES string of the molecule is [2H]CC(C)(C)OC(=O)N[C@@H](C)C(=O)[N+](C)(OC)C(=O)O. The van der Waals surface area contributed by atoms with Crippen molar-refractivity contribution in [2.24, 2.45) is 0 Å². The van der Waals surface area contributed by atoms with Gasteiger partial charge in [-0.25, -0.2) is 9.59 Å². The number of amides is 3. The summed E-state index contributed by atoms with van der Waals surface area (Å²) in [5.74, 6) is -0.874. The summed E-state index contributed by atoms with van der Waals surface area (Å²) in [7, 11) is 2.11. The first kappa shape index (κ1) is 15.4. The fraction of sp³-hybridized carbons (Fsp3) is 0.727. The van der Waals surface area contributed by atoms with E-state index >= 15 is 0 Å². The number of hydrogen-bond acceptors (Lipinski definition) is 5. The van der Waals surface area contributed by atoms with E-state index in [4.69, 9.17) is 11.2 Å². The lowest BCUT2D eigenvalue weighted by atomic mass is 10.2. The summed E-state index contributed by atoms with van der Waals surface area (Å²) in [5.41, 5.74) is -1.00. The largest absolute Gasteiger partial charge is 0.554 e. The number of nitrogens with zero attached hydrogens (tertiary/aromatic N) is 1. The average Bonchev–Trinajstić information content (AvgIpc) is 2.35. The van der Waals surface area contributed by atoms with Crippen LogP contribution in [0, 0.1) is 0 Å². The van der Waals surface area contributed by atoms with Gasteiger partial charge in [-0.15, -0.1) is 0 Å². The number of hydrogen-bond donors (Lipinski definition) is 2. The van der Waals surface area contributed by atoms with Crippen LogP contribution in [-0.2, 0) is 14.4 Å². The first-order valence-corrected chi connectivity index (χ1v) is 5.49. The van der Waals surface area contributed by atoms with Crippen LogP contribution < -0.4 is 5.32 Å². The Hall–Kier alpha value is -1.67. The van der Waals surface area contributed by atoms with Crippen molar-refractivity contribution in [1.82, 2.24) is 5.32 Å². The Labute approximate surface area is 113 Å². The zero-order valence-electron chi connectivity index (χ0n) is 12.7. The summed E-state index contributed by atoms with van der Waals surface area (Å²) in [6.45, 7) is 4.25. The second-order valence-electron chi connectivity index (χ2n) is 4.74. The fourth-order valence-electron chi connectivity index (χ4n) is 1.15. The van der Waals surface area contributed by atoms with Crippen LogP contribution in [-0.4, -0.2) is 53.6 Å². The van der Waals surface area contributed by atoms with Crippen molar-refractivity contribution in [1.29, 1.82) is 0 Å². The summed E-state index contributed by atoms with van der Waals surface area (Å²) in [5, 5.41) is 11.2. The monoisotopic (exact) mass is 278 g/mol. The highest BCUT2D eigenvalue weighted by atomic mass is 16.7. The first-order chi connectivity index (χ1) is 9.00. The van der Waals surface area contributed by atoms with Gasteiger partial charge in [0.2, 0.25) is 0 Å². The maximum Gasteiger partial charge on any atom is 0.554 e. The molecule has 0 bridgehead atoms. The molecule has 0 aliphatic rings. The van der Waals surface area contributed by atoms with E-state index in [0.29, 0.717) is 0 Å². The Morgan fingerprint density at radius 3 is 2.32 bits per heavy atom. The molecule has 8 heteroatoms. The number of nitrogens with one attached hydrogen (secondary N) is 1. The number of quaternary nitrogens is 1. The van der Waals surface area contributed by atoms with Crippen molar-refractivity contribution < 1.29 is 35.1 Å². The molecule has 0 rings (SSSR count). The van der Waals surface area contributed by atoms with Crippen LogP contribution in [0.15, 0.2) is 0 Å². The molecule has 0 saturated heterocycles. The van der Waals surface area contributed by atoms with Crippen molar-refractivity contribution in [2.75, 3.05) is 14.2 Å². The van der Waals surface area contributed by atoms with E-state index in [0.717, 1.165) is 14.2 Å². The van der Waals surface area contributed by atoms with E-state index < -0.39 is 34.4 Å². The molecule has 2 atom stereocenters. The average molecular weight is 278 g/mol. The number of alkyl carbamates (subject to hydrolysis) is 1. The molecule has 3 amide bonds. The minimum Gasteiger partial charge on any atom is -0.444 e. The highest BCUT2D eigenvalue weighted by molar-refractivity contribution is 5.85. The molecule has 1 unspecified atom stereocenters. The van der Waals surface area contributed by atoms with Crippen molar-refractivity contribution >= 4 is 18.1 Å². The molecule has 0 aliphatic carbocycles. The second-order valence-corrected chi connectivity index (χ2v) is 4.74. The first-order valence-electron chi connectivity index (χ1n) is 6.19. The van der Waals surface area contributed by atoms with Crippen LogP contribution in [0.4, 0.5) is 9.59 Å². The summed E-state index contributed by atoms with van der Waals surface area (Å²) >= 11 is 0. The quantitative estimate of drug-likeness (QED) is 0.592. The van der Waals surface area contributed by atoms with Gasteiger partial charge in [0, 0.05) is 1.37 Å². The van der Waals surface area contributed by atoms with Crippen molar-refractivity contribution in [2.45, 2.75) is 39.3 Å². The number of carbonyl (C=O) groups excluding carboxylic acids is 2. The molecule has 2 N–H and O–H groups in total. The summed E-state index contributed by atoms with van der Waals surface area (Å²) in [6, 6.07) is -1.13. The number of likely N-dealkylation sites (N-methyl/N-ethyl adjacent to an activating group) is 1. The van der Waals surface area contributed by atoms with Gasteiger partial charge < -0.3 is 15.2 Å². The van der Waals surface area contributed by atoms with Crippen LogP contribution in [0.2, 0.25) is 0 Å². The van der Waals surface area contributed by atoms with Gasteiger partial charge in [-0.3, -0.25) is 0 Å². The Balaban J connectivity index is 4.77. The van der Waals surface area contributed by atoms with E-state index in [9.17, 15) is 14.4 Å². The topological polar surface area (TPSA) is 102 Å². The van der Waals surface area contributed by atoms with Crippen LogP contribution >= 0.6 is 0 Å². The van der Waals surface area contributed by atoms with E-state index in [2.05, 4.69) is 10.2 Å². The molecule has 19 heavy (non-hydrogen) atoms. The Morgan fingerprint density at radius 2 is 1.95 bits per heavy atom. The molecule has 0 fully saturated rings. The lowest BCUT2D eigenvalue weighted by molar-refractivity contribution is -0.963. The van der Waals surface area contributed by atoms with E-state index in [1.807, 2.05) is 0 Å². The lowest BCUT2D eigenvalue weighted by Crippen LogP contribution is -2.59. The molecule has 8 nitrogen and oxygen atoms in total. The maximum atomic E-state index is 12.0. The second kappa shape index (κ2) is 5.98. The smallest absolute Gasteiger partial charge is 0.444 e. The highest BCUT2D eigenvalue weighted by Crippen LogP contribution is 2.10. The third-order valence-electron chi connectivity index (χ3n) is 2.22. The van der Waals surface area contributed by atoms with E-state index in [1.54, 1.807) is 13.8 Å². The van der Waals surface area contributed by atoms with Gasteiger partial charge in [0.15, 0.2) is 0 Å². The van der Waals surface area contributed by atoms with Gasteiger partial charge in [-0.2, -0.15) is 9.63 Å². The predicted molar refractivity (Wildman–Crippen MR) is 65.1 cm³/mol. The third-order valence-corrected chi connectivity index (χ3v) is 2.22. The molecule has 0 saturated carbocycles. The fourth-order valence-corrected chi connectivity index (χ4v) is 1.15. The Kier molecular flexibility index (Phi) is 4.84. The lowest BCUT2D eigenvalue weighted by Gasteiger charge is -2.25. The number of ether oxygens (including phenoxy) is 1. The molecule has 0 aromatic rings. The van der Waals surface area contributed by atoms with Crippen LogP contribution in [0.5, 0.6) is 0 Å². The van der Waals surface area contributed by atoms with E-state index in [-0.39, 0.29) is 6.90 Å². The van der Waals surface area contributed by atoms with Gasteiger partial charge >= 0.3 is 18.1 Å². The number of rotatable bonds is 3. The summed E-state index contributed by atoms with van der Waals surface area (Å²) in [6.07, 6.45) is -2.41. The zero-order chi connectivity index (χ0) is 16.1. The van der Waals surface area contributed by atoms with Gasteiger partial charge in [-0.1, -0.05) is 0 Å². The normalized spacial score (nSPS) is 16.8. The maximum absolute atomic E-state index is 12.0. The molecule has 0 aromatic heterocycles.